The number of benzene rings is 1. The Morgan fingerprint density at radius 1 is 1.12 bits per heavy atom. The van der Waals surface area contributed by atoms with Crippen molar-refractivity contribution in [2.45, 2.75) is 0 Å². The lowest BCUT2D eigenvalue weighted by Crippen LogP contribution is -2.45. The molecule has 1 fully saturated rings. The molecule has 7 nitrogen and oxygen atoms in total. The number of methoxy groups -OCH3 is 1. The van der Waals surface area contributed by atoms with E-state index in [1.165, 1.54) is 0 Å². The summed E-state index contributed by atoms with van der Waals surface area (Å²) in [6.07, 6.45) is 3.27. The van der Waals surface area contributed by atoms with Gasteiger partial charge in [-0.2, -0.15) is 0 Å². The number of likely N-dealkylation sites (N-methyl/N-ethyl adjacent to an activating group) is 1. The molecule has 1 amide bonds. The van der Waals surface area contributed by atoms with E-state index in [1.807, 2.05) is 6.07 Å². The lowest BCUT2D eigenvalue weighted by Gasteiger charge is -2.32. The van der Waals surface area contributed by atoms with E-state index in [1.54, 1.807) is 37.7 Å². The van der Waals surface area contributed by atoms with Crippen LogP contribution in [0.1, 0.15) is 10.4 Å². The van der Waals surface area contributed by atoms with Crippen molar-refractivity contribution in [2.75, 3.05) is 50.6 Å². The molecule has 1 aromatic heterocycles. The lowest BCUT2D eigenvalue weighted by molar-refractivity contribution is 0.102. The van der Waals surface area contributed by atoms with Gasteiger partial charge in [-0.15, -0.1) is 0 Å². The van der Waals surface area contributed by atoms with Crippen LogP contribution in [0.15, 0.2) is 36.7 Å². The minimum Gasteiger partial charge on any atom is -0.496 e. The number of hydrogen-bond acceptors (Lipinski definition) is 6. The first-order chi connectivity index (χ1) is 11.7. The molecular weight excluding hydrogens is 306 g/mol. The molecule has 0 bridgehead atoms. The SMILES string of the molecule is COc1ccccc1C(=O)Nc1cnc(N2CCN(C)CC2)nc1. The smallest absolute Gasteiger partial charge is 0.259 e. The molecule has 0 atom stereocenters. The summed E-state index contributed by atoms with van der Waals surface area (Å²) in [6, 6.07) is 7.09. The number of nitrogens with zero attached hydrogens (tertiary/aromatic N) is 4. The maximum atomic E-state index is 12.4. The molecule has 0 spiro atoms. The molecule has 0 radical (unpaired) electrons. The van der Waals surface area contributed by atoms with Gasteiger partial charge in [0, 0.05) is 26.2 Å². The second-order valence-corrected chi connectivity index (χ2v) is 5.72. The molecule has 0 unspecified atom stereocenters. The third-order valence-corrected chi connectivity index (χ3v) is 4.03. The van der Waals surface area contributed by atoms with Gasteiger partial charge in [-0.05, 0) is 19.2 Å². The minimum absolute atomic E-state index is 0.247. The van der Waals surface area contributed by atoms with Gasteiger partial charge in [0.05, 0.1) is 30.8 Å². The summed E-state index contributed by atoms with van der Waals surface area (Å²) < 4.78 is 5.21. The number of hydrogen-bond donors (Lipinski definition) is 1. The maximum absolute atomic E-state index is 12.4. The zero-order valence-electron chi connectivity index (χ0n) is 13.9. The summed E-state index contributed by atoms with van der Waals surface area (Å²) in [7, 11) is 3.65. The van der Waals surface area contributed by atoms with Gasteiger partial charge in [0.2, 0.25) is 5.95 Å². The highest BCUT2D eigenvalue weighted by molar-refractivity contribution is 6.06. The number of carbonyl (C=O) groups excluding carboxylic acids is 1. The fraction of sp³-hybridized carbons (Fsp3) is 0.353. The van der Waals surface area contributed by atoms with Gasteiger partial charge >= 0.3 is 0 Å². The molecule has 1 aliphatic rings. The van der Waals surface area contributed by atoms with Gasteiger partial charge in [-0.1, -0.05) is 12.1 Å². The Morgan fingerprint density at radius 3 is 2.46 bits per heavy atom. The molecular formula is C17H21N5O2. The van der Waals surface area contributed by atoms with Gasteiger partial charge in [-0.3, -0.25) is 4.79 Å². The Bertz CT molecular complexity index is 696. The second kappa shape index (κ2) is 7.27. The number of para-hydroxylation sites is 1. The number of aromatic nitrogens is 2. The quantitative estimate of drug-likeness (QED) is 0.917. The highest BCUT2D eigenvalue weighted by Gasteiger charge is 2.17. The van der Waals surface area contributed by atoms with E-state index < -0.39 is 0 Å². The van der Waals surface area contributed by atoms with E-state index in [4.69, 9.17) is 4.74 Å². The highest BCUT2D eigenvalue weighted by Crippen LogP contribution is 2.19. The van der Waals surface area contributed by atoms with Crippen LogP contribution in [-0.4, -0.2) is 61.1 Å². The summed E-state index contributed by atoms with van der Waals surface area (Å²) in [6.45, 7) is 3.80. The molecule has 24 heavy (non-hydrogen) atoms. The van der Waals surface area contributed by atoms with Gasteiger partial charge in [0.1, 0.15) is 5.75 Å². The fourth-order valence-electron chi connectivity index (χ4n) is 2.59. The molecule has 1 aromatic carbocycles. The first kappa shape index (κ1) is 16.2. The van der Waals surface area contributed by atoms with Crippen LogP contribution in [0.2, 0.25) is 0 Å². The van der Waals surface area contributed by atoms with Gasteiger partial charge in [0.15, 0.2) is 0 Å². The van der Waals surface area contributed by atoms with Crippen LogP contribution in [0.25, 0.3) is 0 Å². The Kier molecular flexibility index (Phi) is 4.90. The van der Waals surface area contributed by atoms with E-state index in [0.29, 0.717) is 22.9 Å². The first-order valence-corrected chi connectivity index (χ1v) is 7.87. The van der Waals surface area contributed by atoms with Crippen molar-refractivity contribution in [1.82, 2.24) is 14.9 Å². The predicted molar refractivity (Wildman–Crippen MR) is 92.7 cm³/mol. The van der Waals surface area contributed by atoms with Crippen molar-refractivity contribution < 1.29 is 9.53 Å². The van der Waals surface area contributed by atoms with Crippen molar-refractivity contribution in [1.29, 1.82) is 0 Å². The number of rotatable bonds is 4. The van der Waals surface area contributed by atoms with E-state index in [9.17, 15) is 4.79 Å². The van der Waals surface area contributed by atoms with Crippen molar-refractivity contribution in [2.24, 2.45) is 0 Å². The summed E-state index contributed by atoms with van der Waals surface area (Å²) in [5, 5.41) is 2.80. The molecule has 1 saturated heterocycles. The van der Waals surface area contributed by atoms with E-state index in [-0.39, 0.29) is 5.91 Å². The zero-order valence-corrected chi connectivity index (χ0v) is 13.9. The number of piperazine rings is 1. The third-order valence-electron chi connectivity index (χ3n) is 4.03. The van der Waals surface area contributed by atoms with Crippen LogP contribution in [0.5, 0.6) is 5.75 Å². The zero-order chi connectivity index (χ0) is 16.9. The van der Waals surface area contributed by atoms with Crippen molar-refractivity contribution in [3.8, 4) is 5.75 Å². The number of ether oxygens (including phenoxy) is 1. The van der Waals surface area contributed by atoms with Crippen molar-refractivity contribution in [3.63, 3.8) is 0 Å². The molecule has 0 saturated carbocycles. The average Bonchev–Trinajstić information content (AvgIpc) is 2.63. The van der Waals surface area contributed by atoms with Gasteiger partial charge < -0.3 is 19.9 Å². The molecule has 0 aliphatic carbocycles. The Morgan fingerprint density at radius 2 is 1.79 bits per heavy atom. The fourth-order valence-corrected chi connectivity index (χ4v) is 2.59. The molecule has 2 heterocycles. The van der Waals surface area contributed by atoms with Crippen LogP contribution in [0.3, 0.4) is 0 Å². The number of carbonyl (C=O) groups is 1. The molecule has 2 aromatic rings. The van der Waals surface area contributed by atoms with Crippen molar-refractivity contribution in [3.05, 3.63) is 42.2 Å². The van der Waals surface area contributed by atoms with Crippen LogP contribution in [-0.2, 0) is 0 Å². The van der Waals surface area contributed by atoms with E-state index >= 15 is 0 Å². The number of nitrogens with one attached hydrogen (secondary N) is 1. The van der Waals surface area contributed by atoms with Crippen molar-refractivity contribution >= 4 is 17.5 Å². The summed E-state index contributed by atoms with van der Waals surface area (Å²) in [4.78, 5) is 25.5. The Hall–Kier alpha value is -2.67. The van der Waals surface area contributed by atoms with E-state index in [0.717, 1.165) is 26.2 Å². The molecule has 1 aliphatic heterocycles. The summed E-state index contributed by atoms with van der Waals surface area (Å²) >= 11 is 0. The normalized spacial score (nSPS) is 15.2. The van der Waals surface area contributed by atoms with Crippen LogP contribution < -0.4 is 15.0 Å². The topological polar surface area (TPSA) is 70.6 Å². The van der Waals surface area contributed by atoms with Gasteiger partial charge in [0.25, 0.3) is 5.91 Å². The van der Waals surface area contributed by atoms with Gasteiger partial charge in [-0.25, -0.2) is 9.97 Å². The number of amides is 1. The second-order valence-electron chi connectivity index (χ2n) is 5.72. The summed E-state index contributed by atoms with van der Waals surface area (Å²) in [5.41, 5.74) is 1.03. The predicted octanol–water partition coefficient (Wildman–Crippen LogP) is 1.49. The highest BCUT2D eigenvalue weighted by atomic mass is 16.5. The lowest BCUT2D eigenvalue weighted by atomic mass is 10.2. The molecule has 7 heteroatoms. The molecule has 126 valence electrons. The summed E-state index contributed by atoms with van der Waals surface area (Å²) in [5.74, 6) is 0.978. The number of anilines is 2. The first-order valence-electron chi connectivity index (χ1n) is 7.87. The third kappa shape index (κ3) is 3.62. The van der Waals surface area contributed by atoms with E-state index in [2.05, 4.69) is 32.1 Å². The Balaban J connectivity index is 1.67. The van der Waals surface area contributed by atoms with Crippen LogP contribution in [0.4, 0.5) is 11.6 Å². The standard InChI is InChI=1S/C17H21N5O2/c1-21-7-9-22(10-8-21)17-18-11-13(12-19-17)20-16(23)14-5-3-4-6-15(14)24-2/h3-6,11-12H,7-10H2,1-2H3,(H,20,23). The Labute approximate surface area is 141 Å². The minimum atomic E-state index is -0.247. The van der Waals surface area contributed by atoms with Crippen LogP contribution in [0, 0.1) is 0 Å². The largest absolute Gasteiger partial charge is 0.496 e. The monoisotopic (exact) mass is 327 g/mol. The van der Waals surface area contributed by atoms with Crippen LogP contribution >= 0.6 is 0 Å². The molecule has 3 rings (SSSR count). The molecule has 1 N–H and O–H groups in total. The average molecular weight is 327 g/mol. The maximum Gasteiger partial charge on any atom is 0.259 e.